The molecule has 2 saturated heterocycles. The van der Waals surface area contributed by atoms with E-state index >= 15 is 0 Å². The number of nitrogens with zero attached hydrogens (tertiary/aromatic N) is 1. The number of carboxylic acids is 2. The van der Waals surface area contributed by atoms with Crippen LogP contribution in [0.25, 0.3) is 0 Å². The maximum atomic E-state index is 13.8. The Balaban J connectivity index is 1.94. The number of amides is 7. The van der Waals surface area contributed by atoms with Crippen LogP contribution in [0, 0.1) is 5.82 Å². The van der Waals surface area contributed by atoms with Crippen LogP contribution in [0.15, 0.2) is 24.3 Å². The summed E-state index contributed by atoms with van der Waals surface area (Å²) in [4.78, 5) is 129. The largest absolute Gasteiger partial charge is 0.481 e. The van der Waals surface area contributed by atoms with Gasteiger partial charge in [0.15, 0.2) is 0 Å². The first-order valence-corrected chi connectivity index (χ1v) is 18.5. The van der Waals surface area contributed by atoms with Gasteiger partial charge in [-0.3, -0.25) is 43.2 Å². The van der Waals surface area contributed by atoms with Crippen LogP contribution in [0.4, 0.5) is 4.39 Å². The topological polar surface area (TPSA) is 307 Å². The molecule has 2 heterocycles. The van der Waals surface area contributed by atoms with Gasteiger partial charge in [0.05, 0.1) is 13.0 Å². The van der Waals surface area contributed by atoms with Gasteiger partial charge in [-0.15, -0.1) is 0 Å². The fraction of sp³-hybridized carbons (Fsp3) is 0.556. The summed E-state index contributed by atoms with van der Waals surface area (Å²) in [6.07, 6.45) is -1.03. The first-order valence-electron chi connectivity index (χ1n) is 18.5. The molecule has 0 spiro atoms. The van der Waals surface area contributed by atoms with E-state index in [0.29, 0.717) is 12.7 Å². The molecule has 57 heavy (non-hydrogen) atoms. The van der Waals surface area contributed by atoms with Gasteiger partial charge in [-0.1, -0.05) is 0 Å². The van der Waals surface area contributed by atoms with Crippen molar-refractivity contribution in [2.45, 2.75) is 107 Å². The van der Waals surface area contributed by atoms with E-state index in [1.807, 2.05) is 0 Å². The maximum Gasteiger partial charge on any atom is 0.305 e. The van der Waals surface area contributed by atoms with E-state index in [0.717, 1.165) is 17.0 Å². The van der Waals surface area contributed by atoms with E-state index in [2.05, 4.69) is 31.9 Å². The highest BCUT2D eigenvalue weighted by molar-refractivity contribution is 5.99. The molecule has 3 rings (SSSR count). The summed E-state index contributed by atoms with van der Waals surface area (Å²) >= 11 is 0. The molecular weight excluding hydrogens is 757 g/mol. The minimum Gasteiger partial charge on any atom is -0.481 e. The molecule has 2 fully saturated rings. The van der Waals surface area contributed by atoms with Gasteiger partial charge in [0.1, 0.15) is 48.4 Å². The number of carboxylic acid groups (broad SMARTS) is 2. The lowest BCUT2D eigenvalue weighted by atomic mass is 10.0. The fourth-order valence-corrected chi connectivity index (χ4v) is 6.29. The zero-order valence-corrected chi connectivity index (χ0v) is 31.0. The second kappa shape index (κ2) is 22.5. The minimum atomic E-state index is -1.86. The summed E-state index contributed by atoms with van der Waals surface area (Å²) in [6.45, 7) is -0.797. The van der Waals surface area contributed by atoms with Crippen molar-refractivity contribution in [2.24, 2.45) is 0 Å². The molecule has 2 aliphatic rings. The Morgan fingerprint density at radius 2 is 1.28 bits per heavy atom. The molecule has 0 aliphatic carbocycles. The van der Waals surface area contributed by atoms with Gasteiger partial charge in [0, 0.05) is 31.5 Å². The van der Waals surface area contributed by atoms with Crippen LogP contribution in [-0.2, 0) is 43.2 Å². The summed E-state index contributed by atoms with van der Waals surface area (Å²) in [5.74, 6) is -9.88. The van der Waals surface area contributed by atoms with Crippen molar-refractivity contribution >= 4 is 59.6 Å². The van der Waals surface area contributed by atoms with E-state index < -0.39 is 121 Å². The zero-order chi connectivity index (χ0) is 42.1. The van der Waals surface area contributed by atoms with Gasteiger partial charge >= 0.3 is 11.9 Å². The van der Waals surface area contributed by atoms with E-state index in [-0.39, 0.29) is 63.6 Å². The number of aldehydes is 1. The molecule has 9 N–H and O–H groups in total. The van der Waals surface area contributed by atoms with Crippen LogP contribution in [0.1, 0.15) is 81.0 Å². The second-order valence-corrected chi connectivity index (χ2v) is 13.6. The van der Waals surface area contributed by atoms with Crippen molar-refractivity contribution in [3.63, 3.8) is 0 Å². The van der Waals surface area contributed by atoms with E-state index in [9.17, 15) is 67.7 Å². The number of rotatable bonds is 16. The standard InChI is InChI=1S/C36H48FN7O13/c37-21-11-9-20(10-12-21)30(51)38-15-3-1-6-23-31(52)42-25(18-29(49)50)34(55)40-24(13-14-28(47)48)33(54)39-22(7-2-4-17-45)32(53)43-26(19-46)36(57)44-16-5-8-27(44)35(56)41-23/h9-12,17,22-27,46H,1-8,13-16,18-19H2,(H,38,51)(H,39,54)(H,40,55)(H,41,56)(H,42,52)(H,43,53)(H,47,48)(H,49,50)/t22-,23-,24-,25-,26-,27+/m0/s1. The molecule has 0 saturated carbocycles. The average molecular weight is 806 g/mol. The fourth-order valence-electron chi connectivity index (χ4n) is 6.29. The predicted molar refractivity (Wildman–Crippen MR) is 193 cm³/mol. The first kappa shape index (κ1) is 45.4. The van der Waals surface area contributed by atoms with Gasteiger partial charge < -0.3 is 56.9 Å². The number of hydrogen-bond acceptors (Lipinski definition) is 11. The number of hydrogen-bond donors (Lipinski definition) is 9. The normalized spacial score (nSPS) is 23.7. The van der Waals surface area contributed by atoms with Gasteiger partial charge in [-0.2, -0.15) is 0 Å². The Labute approximate surface area is 326 Å². The Hall–Kier alpha value is -5.99. The molecule has 0 bridgehead atoms. The van der Waals surface area contributed by atoms with Crippen molar-refractivity contribution in [3.05, 3.63) is 35.6 Å². The number of benzene rings is 1. The predicted octanol–water partition coefficient (Wildman–Crippen LogP) is -2.14. The number of fused-ring (bicyclic) bond motifs is 1. The third-order valence-corrected chi connectivity index (χ3v) is 9.32. The van der Waals surface area contributed by atoms with Gasteiger partial charge in [-0.05, 0) is 75.6 Å². The highest BCUT2D eigenvalue weighted by Gasteiger charge is 2.40. The monoisotopic (exact) mass is 805 g/mol. The van der Waals surface area contributed by atoms with Crippen LogP contribution in [0.3, 0.4) is 0 Å². The number of aliphatic carboxylic acids is 2. The van der Waals surface area contributed by atoms with Crippen molar-refractivity contribution < 1.29 is 67.7 Å². The summed E-state index contributed by atoms with van der Waals surface area (Å²) in [5, 5.41) is 43.5. The lowest BCUT2D eigenvalue weighted by Crippen LogP contribution is -2.61. The zero-order valence-electron chi connectivity index (χ0n) is 31.0. The lowest BCUT2D eigenvalue weighted by Gasteiger charge is -2.31. The van der Waals surface area contributed by atoms with Crippen molar-refractivity contribution in [3.8, 4) is 0 Å². The third-order valence-electron chi connectivity index (χ3n) is 9.32. The van der Waals surface area contributed by atoms with Gasteiger partial charge in [0.2, 0.25) is 35.4 Å². The van der Waals surface area contributed by atoms with E-state index in [1.165, 1.54) is 12.1 Å². The summed E-state index contributed by atoms with van der Waals surface area (Å²) in [5.41, 5.74) is 0.199. The number of unbranched alkanes of at least 4 members (excludes halogenated alkanes) is 2. The van der Waals surface area contributed by atoms with E-state index in [4.69, 9.17) is 0 Å². The third kappa shape index (κ3) is 14.2. The average Bonchev–Trinajstić information content (AvgIpc) is 3.67. The number of carbonyl (C=O) groups excluding carboxylic acids is 8. The smallest absolute Gasteiger partial charge is 0.305 e. The first-order chi connectivity index (χ1) is 27.1. The molecular formula is C36H48FN7O13. The van der Waals surface area contributed by atoms with Gasteiger partial charge in [0.25, 0.3) is 5.91 Å². The lowest BCUT2D eigenvalue weighted by molar-refractivity contribution is -0.144. The highest BCUT2D eigenvalue weighted by Crippen LogP contribution is 2.20. The molecule has 1 aromatic carbocycles. The number of carbonyl (C=O) groups is 10. The maximum absolute atomic E-state index is 13.8. The molecule has 21 heteroatoms. The van der Waals surface area contributed by atoms with Crippen LogP contribution >= 0.6 is 0 Å². The van der Waals surface area contributed by atoms with Crippen molar-refractivity contribution in [1.29, 1.82) is 0 Å². The molecule has 1 aromatic rings. The Bertz CT molecular complexity index is 1660. The SMILES string of the molecule is O=CCCC[C@@H]1NC(=O)[C@H](CCC(=O)O)NC(=O)[C@H](CC(=O)O)NC(=O)[C@H](CCCCNC(=O)c2ccc(F)cc2)NC(=O)[C@H]2CCCN2C(=O)[C@H](CO)NC1=O. The molecule has 20 nitrogen and oxygen atoms in total. The minimum absolute atomic E-state index is 0.0273. The molecule has 0 aromatic heterocycles. The Kier molecular flexibility index (Phi) is 17.9. The van der Waals surface area contributed by atoms with Crippen LogP contribution in [0.2, 0.25) is 0 Å². The Morgan fingerprint density at radius 3 is 1.86 bits per heavy atom. The van der Waals surface area contributed by atoms with Crippen LogP contribution in [0.5, 0.6) is 0 Å². The molecule has 0 radical (unpaired) electrons. The number of aliphatic hydroxyl groups is 1. The summed E-state index contributed by atoms with van der Waals surface area (Å²) in [7, 11) is 0. The Morgan fingerprint density at radius 1 is 0.737 bits per heavy atom. The van der Waals surface area contributed by atoms with Crippen molar-refractivity contribution in [1.82, 2.24) is 36.8 Å². The molecule has 312 valence electrons. The number of halogens is 1. The summed E-state index contributed by atoms with van der Waals surface area (Å²) < 4.78 is 13.2. The van der Waals surface area contributed by atoms with Crippen molar-refractivity contribution in [2.75, 3.05) is 19.7 Å². The quantitative estimate of drug-likeness (QED) is 0.0637. The molecule has 0 unspecified atom stereocenters. The van der Waals surface area contributed by atoms with E-state index in [1.54, 1.807) is 0 Å². The number of aliphatic hydroxyl groups excluding tert-OH is 1. The van der Waals surface area contributed by atoms with Crippen LogP contribution in [-0.4, -0.2) is 136 Å². The second-order valence-electron chi connectivity index (χ2n) is 13.6. The summed E-state index contributed by atoms with van der Waals surface area (Å²) in [6, 6.07) is -4.40. The number of nitrogens with one attached hydrogen (secondary N) is 6. The highest BCUT2D eigenvalue weighted by atomic mass is 19.1. The molecule has 7 amide bonds. The molecule has 2 aliphatic heterocycles. The molecule has 6 atom stereocenters. The van der Waals surface area contributed by atoms with Gasteiger partial charge in [-0.25, -0.2) is 4.39 Å². The van der Waals surface area contributed by atoms with Crippen LogP contribution < -0.4 is 31.9 Å².